The number of ketones is 1. The van der Waals surface area contributed by atoms with Crippen LogP contribution in [0.25, 0.3) is 145 Å². The van der Waals surface area contributed by atoms with Crippen LogP contribution in [-0.2, 0) is 97.5 Å². The van der Waals surface area contributed by atoms with E-state index in [0.29, 0.717) is 98.7 Å². The zero-order valence-electron chi connectivity index (χ0n) is 79.3. The number of methoxy groups -OCH3 is 1. The van der Waals surface area contributed by atoms with E-state index in [1.807, 2.05) is 137 Å². The number of phenols is 1. The monoisotopic (exact) mass is 2030 g/mol. The Hall–Kier alpha value is -16.3. The summed E-state index contributed by atoms with van der Waals surface area (Å²) in [7, 11) is 12.7. The number of aromatic hydroxyl groups is 1. The number of aromatic amines is 3. The predicted molar refractivity (Wildman–Crippen MR) is 557 cm³/mol. The summed E-state index contributed by atoms with van der Waals surface area (Å²) in [6.45, 7) is 15.8. The van der Waals surface area contributed by atoms with Gasteiger partial charge >= 0.3 is 11.7 Å². The molecule has 0 saturated carbocycles. The smallest absolute Gasteiger partial charge is 0.327 e. The number of fused-ring (bicyclic) bond motifs is 20. The maximum Gasteiger partial charge on any atom is 0.327 e. The third kappa shape index (κ3) is 17.3. The first-order valence-corrected chi connectivity index (χ1v) is 49.8. The Kier molecular flexibility index (Phi) is 25.1. The molecule has 0 radical (unpaired) electrons. The highest BCUT2D eigenvalue weighted by Gasteiger charge is 2.28. The Labute approximate surface area is 829 Å². The molecule has 24 aromatic rings. The Morgan fingerprint density at radius 3 is 1.28 bits per heavy atom. The highest BCUT2D eigenvalue weighted by Crippen LogP contribution is 2.38. The van der Waals surface area contributed by atoms with Crippen molar-refractivity contribution < 1.29 is 24.2 Å². The Bertz CT molecular complexity index is 9780. The van der Waals surface area contributed by atoms with Crippen LogP contribution in [0.4, 0.5) is 0 Å². The van der Waals surface area contributed by atoms with Crippen molar-refractivity contribution in [2.24, 2.45) is 42.3 Å². The quantitative estimate of drug-likeness (QED) is 0.0515. The van der Waals surface area contributed by atoms with Crippen LogP contribution < -0.4 is 43.8 Å². The zero-order chi connectivity index (χ0) is 100. The molecule has 20 aromatic heterocycles. The van der Waals surface area contributed by atoms with Crippen LogP contribution in [0.1, 0.15) is 94.1 Å². The molecule has 0 saturated heterocycles. The fourth-order valence-electron chi connectivity index (χ4n) is 17.9. The number of imidazole rings is 1. The number of benzene rings is 4. The molecule has 46 heteroatoms. The minimum atomic E-state index is -0.476. The largest absolute Gasteiger partial charge is 0.508 e. The standard InChI is InChI=1S/C23H18N4O4S.C19H16N4OS.C17H14N6O2S.C13H12N6OS.C13H14N4O3S.C12H14N4OS/c1-26-18-17(11-24-27(23(18)30)12-13-5-3-8-16(9-13)31-2)20-21(26)25-22(32-20)19(29)14-6-4-7-15(28)10-14;1-11-21-18-17(25-11)15-9-20-23(19(24)16(15)22(18)2)10-13-7-3-5-12-6-4-8-14(12)13;1-8-19-15-14(26-8)10-6-18-23(16(24)13(10)22(15)2)7-9-3-4-11-12(5-9)21-17(25)20-11;1-7-17-12-11(21-7)9-5-16-19(6-8-3-14-15-4-8)13(20)10(9)18(12)2;1-4-20-9(18)6-17-13(19)10-8(5-14-17)11-12(16(10)3)15-7(2)21-11;1-4-5-16-12(17)9-8(6-13-16)10-11(15(9)3)14-7(2)18-10/h3-11,28H,12H2,1-2H3;3-7,9H,8,10H2,1-2H3;3-6H,7H2,1-2H3,(H2,20,21,25);3-5H,6H2,1-2H3,(H,14,15);5H,4,6H2,1-3H3;6H,4-5H2,1-3H3. The minimum absolute atomic E-state index is 0.0168. The predicted octanol–water partition coefficient (Wildman–Crippen LogP) is 13.2. The number of phenolic OH excluding ortho intramolecular Hbond substituents is 1. The van der Waals surface area contributed by atoms with E-state index in [-0.39, 0.29) is 63.7 Å². The van der Waals surface area contributed by atoms with E-state index in [1.54, 1.807) is 149 Å². The van der Waals surface area contributed by atoms with Crippen LogP contribution in [0.5, 0.6) is 11.5 Å². The average Bonchev–Trinajstić information content (AvgIpc) is 1.59. The first-order valence-electron chi connectivity index (χ1n) is 44.9. The van der Waals surface area contributed by atoms with E-state index < -0.39 is 5.97 Å². The summed E-state index contributed by atoms with van der Waals surface area (Å²) in [6, 6.07) is 25.4. The fraction of sp³-hybridized carbons (Fsp3) is 0.237. The van der Waals surface area contributed by atoms with Gasteiger partial charge in [0.25, 0.3) is 33.4 Å². The van der Waals surface area contributed by atoms with Crippen molar-refractivity contribution >= 4 is 224 Å². The van der Waals surface area contributed by atoms with Crippen molar-refractivity contribution in [3.05, 3.63) is 282 Å². The molecule has 143 heavy (non-hydrogen) atoms. The van der Waals surface area contributed by atoms with E-state index in [2.05, 4.69) is 105 Å². The lowest BCUT2D eigenvalue weighted by atomic mass is 10.0. The molecule has 0 amide bonds. The lowest BCUT2D eigenvalue weighted by Crippen LogP contribution is -2.28. The number of hydrogen-bond acceptors (Lipinski definition) is 31. The topological polar surface area (TPSA) is 466 Å². The first kappa shape index (κ1) is 94.3. The number of aryl methyl sites for hydroxylation is 12. The molecule has 20 heterocycles. The number of hydrogen-bond donors (Lipinski definition) is 4. The molecular formula is C97H88N28O12S6. The van der Waals surface area contributed by atoms with Crippen molar-refractivity contribution in [1.29, 1.82) is 0 Å². The summed E-state index contributed by atoms with van der Waals surface area (Å²) < 4.78 is 35.3. The van der Waals surface area contributed by atoms with Gasteiger partial charge in [0.1, 0.15) is 51.1 Å². The first-order chi connectivity index (χ1) is 68.9. The molecule has 4 N–H and O–H groups in total. The molecule has 4 aromatic carbocycles. The van der Waals surface area contributed by atoms with E-state index >= 15 is 0 Å². The van der Waals surface area contributed by atoms with Gasteiger partial charge in [-0.25, -0.2) is 62.8 Å². The summed E-state index contributed by atoms with van der Waals surface area (Å²) in [4.78, 5) is 145. The van der Waals surface area contributed by atoms with Crippen LogP contribution in [0.3, 0.4) is 0 Å². The van der Waals surface area contributed by atoms with Crippen LogP contribution in [0, 0.1) is 34.6 Å². The number of nitrogens with one attached hydrogen (secondary N) is 3. The SMILES string of the molecule is CCCn1ncc2c3sc(C)nc3n(C)c2c1=O.CCOC(=O)Cn1ncc2c3sc(C)nc3n(C)c2c1=O.COc1cccc(Cn2ncc3c4sc(C(=O)c5cccc(O)c5)nc4n(C)c3c2=O)c1.Cc1nc2c(s1)c1cnn(Cc3ccc4[nH]c(=O)[nH]c4c3)c(=O)c1n2C.Cc1nc2c(s1)c1cnn(Cc3cccc4c3CC=C4)c(=O)c1n2C.Cc1nc2c(s1)c1cnn(Cc3cn[nH]c3)c(=O)c1n2C. The number of aromatic nitrogens is 28. The number of allylic oxidation sites excluding steroid dienone is 1. The molecule has 0 aliphatic heterocycles. The van der Waals surface area contributed by atoms with Crippen LogP contribution in [0.15, 0.2) is 174 Å². The second-order valence-electron chi connectivity index (χ2n) is 33.9. The van der Waals surface area contributed by atoms with Gasteiger partial charge in [-0.1, -0.05) is 67.6 Å². The summed E-state index contributed by atoms with van der Waals surface area (Å²) in [5.74, 6) is -0.0293. The molecule has 0 fully saturated rings. The summed E-state index contributed by atoms with van der Waals surface area (Å²) in [5, 5.41) is 52.1. The fourth-order valence-corrected chi connectivity index (χ4v) is 23.8. The van der Waals surface area contributed by atoms with Gasteiger partial charge in [-0.05, 0) is 119 Å². The number of carbonyl (C=O) groups excluding carboxylic acids is 2. The van der Waals surface area contributed by atoms with Crippen molar-refractivity contribution in [2.75, 3.05) is 13.7 Å². The third-order valence-corrected chi connectivity index (χ3v) is 30.6. The lowest BCUT2D eigenvalue weighted by molar-refractivity contribution is -0.144. The van der Waals surface area contributed by atoms with E-state index in [0.717, 1.165) is 154 Å². The second-order valence-corrected chi connectivity index (χ2v) is 40.9. The van der Waals surface area contributed by atoms with Gasteiger partial charge in [0.15, 0.2) is 38.9 Å². The molecule has 0 atom stereocenters. The summed E-state index contributed by atoms with van der Waals surface area (Å²) >= 11 is 9.11. The van der Waals surface area contributed by atoms with Crippen molar-refractivity contribution in [3.8, 4) is 11.5 Å². The van der Waals surface area contributed by atoms with Gasteiger partial charge in [-0.3, -0.25) is 43.5 Å². The Morgan fingerprint density at radius 1 is 0.427 bits per heavy atom. The normalized spacial score (nSPS) is 11.9. The van der Waals surface area contributed by atoms with Gasteiger partial charge in [0.2, 0.25) is 5.78 Å². The molecule has 0 spiro atoms. The lowest BCUT2D eigenvalue weighted by Gasteiger charge is -2.10. The molecule has 1 aliphatic carbocycles. The molecular weight excluding hydrogens is 1940 g/mol. The molecule has 40 nitrogen and oxygen atoms in total. The number of carbonyl (C=O) groups is 2. The molecule has 0 bridgehead atoms. The van der Waals surface area contributed by atoms with E-state index in [1.165, 1.54) is 64.7 Å². The maximum atomic E-state index is 13.2. The highest BCUT2D eigenvalue weighted by atomic mass is 32.1. The highest BCUT2D eigenvalue weighted by molar-refractivity contribution is 7.22. The number of thiazole rings is 6. The zero-order valence-corrected chi connectivity index (χ0v) is 84.2. The maximum absolute atomic E-state index is 13.2. The van der Waals surface area contributed by atoms with E-state index in [4.69, 9.17) is 9.47 Å². The molecule has 724 valence electrons. The minimum Gasteiger partial charge on any atom is -0.508 e. The number of ether oxygens (including phenoxy) is 2. The van der Waals surface area contributed by atoms with E-state index in [9.17, 15) is 48.3 Å². The number of rotatable bonds is 16. The Morgan fingerprint density at radius 2 is 0.832 bits per heavy atom. The van der Waals surface area contributed by atoms with Crippen molar-refractivity contribution in [3.63, 3.8) is 0 Å². The van der Waals surface area contributed by atoms with Crippen LogP contribution in [-0.4, -0.2) is 167 Å². The molecule has 0 unspecified atom stereocenters. The second kappa shape index (κ2) is 38.0. The summed E-state index contributed by atoms with van der Waals surface area (Å²) in [6.07, 6.45) is 19.9. The Balaban J connectivity index is 0.000000106. The summed E-state index contributed by atoms with van der Waals surface area (Å²) in [5.41, 5.74) is 15.3. The third-order valence-electron chi connectivity index (χ3n) is 24.5. The van der Waals surface area contributed by atoms with Gasteiger partial charge in [-0.15, -0.1) is 68.0 Å². The van der Waals surface area contributed by atoms with Gasteiger partial charge in [0, 0.05) is 98.5 Å². The number of H-pyrrole nitrogens is 3. The van der Waals surface area contributed by atoms with Gasteiger partial charge in [0.05, 0.1) is 148 Å². The van der Waals surface area contributed by atoms with Gasteiger partial charge in [-0.2, -0.15) is 35.7 Å². The van der Waals surface area contributed by atoms with Crippen molar-refractivity contribution in [2.45, 2.75) is 101 Å². The van der Waals surface area contributed by atoms with Crippen LogP contribution in [0.2, 0.25) is 0 Å². The number of esters is 1. The molecule has 1 aliphatic rings. The van der Waals surface area contributed by atoms with Crippen molar-refractivity contribution in [1.82, 2.24) is 136 Å². The van der Waals surface area contributed by atoms with Crippen LogP contribution >= 0.6 is 68.0 Å². The molecule has 25 rings (SSSR count). The van der Waals surface area contributed by atoms with Gasteiger partial charge < -0.3 is 52.0 Å². The average molecular weight is 2030 g/mol. The number of nitrogens with zero attached hydrogens (tertiary/aromatic N) is 25.